The Morgan fingerprint density at radius 3 is 2.44 bits per heavy atom. The van der Waals surface area contributed by atoms with Crippen LogP contribution in [0.1, 0.15) is 12.0 Å². The Morgan fingerprint density at radius 1 is 1.33 bits per heavy atom. The molecule has 0 unspecified atom stereocenters. The van der Waals surface area contributed by atoms with E-state index >= 15 is 0 Å². The largest absolute Gasteiger partial charge is 0.490 e. The molecule has 0 saturated carbocycles. The number of hydrogen-bond acceptors (Lipinski definition) is 2. The second-order valence-corrected chi connectivity index (χ2v) is 3.70. The Hall–Kier alpha value is -1.78. The molecule has 98 valence electrons. The lowest BCUT2D eigenvalue weighted by Gasteiger charge is -2.15. The molecule has 0 N–H and O–H groups in total. The van der Waals surface area contributed by atoms with Gasteiger partial charge in [-0.1, -0.05) is 43.0 Å². The number of esters is 1. The van der Waals surface area contributed by atoms with Gasteiger partial charge in [-0.3, -0.25) is 0 Å². The highest BCUT2D eigenvalue weighted by atomic mass is 19.4. The molecule has 1 aromatic rings. The summed E-state index contributed by atoms with van der Waals surface area (Å²) < 4.78 is 40.3. The van der Waals surface area contributed by atoms with Crippen LogP contribution in [0.4, 0.5) is 13.2 Å². The Morgan fingerprint density at radius 2 is 1.94 bits per heavy atom. The number of alkyl halides is 3. The van der Waals surface area contributed by atoms with Gasteiger partial charge in [-0.25, -0.2) is 4.79 Å². The molecule has 0 spiro atoms. The van der Waals surface area contributed by atoms with Crippen LogP contribution in [0, 0.1) is 0 Å². The molecule has 0 amide bonds. The van der Waals surface area contributed by atoms with Crippen molar-refractivity contribution >= 4 is 5.97 Å². The summed E-state index contributed by atoms with van der Waals surface area (Å²) in [5.41, 5.74) is 0.965. The Kier molecular flexibility index (Phi) is 4.95. The van der Waals surface area contributed by atoms with E-state index in [1.165, 1.54) is 6.08 Å². The zero-order chi connectivity index (χ0) is 13.6. The van der Waals surface area contributed by atoms with Crippen LogP contribution in [0.5, 0.6) is 0 Å². The van der Waals surface area contributed by atoms with Gasteiger partial charge in [-0.05, 0) is 18.4 Å². The van der Waals surface area contributed by atoms with E-state index in [4.69, 9.17) is 0 Å². The maximum atomic E-state index is 12.0. The molecule has 1 atom stereocenters. The number of carbonyl (C=O) groups is 1. The summed E-state index contributed by atoms with van der Waals surface area (Å²) >= 11 is 0. The molecule has 0 aliphatic rings. The highest BCUT2D eigenvalue weighted by Crippen LogP contribution is 2.19. The highest BCUT2D eigenvalue weighted by molar-refractivity contribution is 5.75. The van der Waals surface area contributed by atoms with E-state index in [1.54, 1.807) is 0 Å². The van der Waals surface area contributed by atoms with Crippen LogP contribution in [-0.2, 0) is 16.0 Å². The summed E-state index contributed by atoms with van der Waals surface area (Å²) in [4.78, 5) is 10.7. The van der Waals surface area contributed by atoms with E-state index < -0.39 is 18.2 Å². The Balaban J connectivity index is 2.48. The van der Waals surface area contributed by atoms with E-state index in [2.05, 4.69) is 11.3 Å². The fourth-order valence-corrected chi connectivity index (χ4v) is 1.38. The quantitative estimate of drug-likeness (QED) is 0.598. The first kappa shape index (κ1) is 14.3. The number of rotatable bonds is 5. The van der Waals surface area contributed by atoms with E-state index in [0.29, 0.717) is 6.42 Å². The van der Waals surface area contributed by atoms with Gasteiger partial charge in [0.15, 0.2) is 0 Å². The molecule has 0 saturated heterocycles. The average molecular weight is 258 g/mol. The molecule has 0 aliphatic heterocycles. The van der Waals surface area contributed by atoms with Crippen molar-refractivity contribution in [1.29, 1.82) is 0 Å². The van der Waals surface area contributed by atoms with Gasteiger partial charge in [0.1, 0.15) is 6.10 Å². The second-order valence-electron chi connectivity index (χ2n) is 3.70. The molecule has 0 aromatic heterocycles. The van der Waals surface area contributed by atoms with Gasteiger partial charge in [0.2, 0.25) is 0 Å². The standard InChI is InChI=1S/C13H13F3O2/c1-2-11(18-12(17)13(14,15)16)9-8-10-6-4-3-5-7-10/h2-7,11H,1,8-9H2/t11-/m0/s1. The van der Waals surface area contributed by atoms with Crippen LogP contribution < -0.4 is 0 Å². The van der Waals surface area contributed by atoms with Gasteiger partial charge >= 0.3 is 12.1 Å². The van der Waals surface area contributed by atoms with Crippen molar-refractivity contribution in [2.45, 2.75) is 25.1 Å². The zero-order valence-corrected chi connectivity index (χ0v) is 9.61. The van der Waals surface area contributed by atoms with Crippen molar-refractivity contribution in [3.05, 3.63) is 48.6 Å². The number of carbonyl (C=O) groups excluding carboxylic acids is 1. The third-order valence-corrected chi connectivity index (χ3v) is 2.31. The molecule has 18 heavy (non-hydrogen) atoms. The summed E-state index contributed by atoms with van der Waals surface area (Å²) in [6.07, 6.45) is -3.90. The molecule has 2 nitrogen and oxygen atoms in total. The normalized spacial score (nSPS) is 12.8. The first-order valence-electron chi connectivity index (χ1n) is 5.37. The van der Waals surface area contributed by atoms with Crippen LogP contribution in [0.15, 0.2) is 43.0 Å². The third kappa shape index (κ3) is 4.61. The minimum Gasteiger partial charge on any atom is -0.451 e. The van der Waals surface area contributed by atoms with Gasteiger partial charge in [0.25, 0.3) is 0 Å². The first-order valence-corrected chi connectivity index (χ1v) is 5.37. The molecule has 0 radical (unpaired) electrons. The van der Waals surface area contributed by atoms with E-state index in [1.807, 2.05) is 30.3 Å². The third-order valence-electron chi connectivity index (χ3n) is 2.31. The molecule has 0 bridgehead atoms. The lowest BCUT2D eigenvalue weighted by molar-refractivity contribution is -0.203. The zero-order valence-electron chi connectivity index (χ0n) is 9.61. The predicted octanol–water partition coefficient (Wildman–Crippen LogP) is 3.28. The van der Waals surface area contributed by atoms with Gasteiger partial charge in [-0.2, -0.15) is 13.2 Å². The minimum atomic E-state index is -4.96. The topological polar surface area (TPSA) is 26.3 Å². The fraction of sp³-hybridized carbons (Fsp3) is 0.308. The van der Waals surface area contributed by atoms with Gasteiger partial charge in [-0.15, -0.1) is 0 Å². The highest BCUT2D eigenvalue weighted by Gasteiger charge is 2.41. The first-order chi connectivity index (χ1) is 8.43. The van der Waals surface area contributed by atoms with Crippen LogP contribution in [-0.4, -0.2) is 18.2 Å². The maximum absolute atomic E-state index is 12.0. The summed E-state index contributed by atoms with van der Waals surface area (Å²) in [5, 5.41) is 0. The second kappa shape index (κ2) is 6.23. The molecule has 0 aliphatic carbocycles. The van der Waals surface area contributed by atoms with Crippen molar-refractivity contribution < 1.29 is 22.7 Å². The SMILES string of the molecule is C=C[C@@H](CCc1ccccc1)OC(=O)C(F)(F)F. The van der Waals surface area contributed by atoms with Gasteiger partial charge < -0.3 is 4.74 Å². The van der Waals surface area contributed by atoms with Crippen molar-refractivity contribution in [1.82, 2.24) is 0 Å². The molecule has 1 aromatic carbocycles. The lowest BCUT2D eigenvalue weighted by Crippen LogP contribution is -2.29. The number of hydrogen-bond donors (Lipinski definition) is 0. The van der Waals surface area contributed by atoms with Crippen LogP contribution >= 0.6 is 0 Å². The van der Waals surface area contributed by atoms with Crippen LogP contribution in [0.2, 0.25) is 0 Å². The van der Waals surface area contributed by atoms with E-state index in [9.17, 15) is 18.0 Å². The number of ether oxygens (including phenoxy) is 1. The van der Waals surface area contributed by atoms with Crippen molar-refractivity contribution in [3.63, 3.8) is 0 Å². The smallest absolute Gasteiger partial charge is 0.451 e. The Labute approximate surface area is 103 Å². The van der Waals surface area contributed by atoms with Gasteiger partial charge in [0, 0.05) is 0 Å². The summed E-state index contributed by atoms with van der Waals surface area (Å²) in [6.45, 7) is 3.36. The summed E-state index contributed by atoms with van der Waals surface area (Å²) in [7, 11) is 0. The molecule has 1 rings (SSSR count). The van der Waals surface area contributed by atoms with Crippen molar-refractivity contribution in [2.24, 2.45) is 0 Å². The van der Waals surface area contributed by atoms with Crippen LogP contribution in [0.25, 0.3) is 0 Å². The molecule has 5 heteroatoms. The van der Waals surface area contributed by atoms with Crippen LogP contribution in [0.3, 0.4) is 0 Å². The van der Waals surface area contributed by atoms with Crippen molar-refractivity contribution in [3.8, 4) is 0 Å². The fourth-order valence-electron chi connectivity index (χ4n) is 1.38. The number of benzene rings is 1. The van der Waals surface area contributed by atoms with Crippen molar-refractivity contribution in [2.75, 3.05) is 0 Å². The monoisotopic (exact) mass is 258 g/mol. The molecule has 0 fully saturated rings. The molecule has 0 heterocycles. The van der Waals surface area contributed by atoms with E-state index in [-0.39, 0.29) is 6.42 Å². The molecular weight excluding hydrogens is 245 g/mol. The minimum absolute atomic E-state index is 0.273. The predicted molar refractivity (Wildman–Crippen MR) is 60.9 cm³/mol. The molecular formula is C13H13F3O2. The van der Waals surface area contributed by atoms with Gasteiger partial charge in [0.05, 0.1) is 0 Å². The average Bonchev–Trinajstić information content (AvgIpc) is 2.34. The number of halogens is 3. The maximum Gasteiger partial charge on any atom is 0.490 e. The Bertz CT molecular complexity index is 398. The van der Waals surface area contributed by atoms with E-state index in [0.717, 1.165) is 5.56 Å². The summed E-state index contributed by atoms with van der Waals surface area (Å²) in [5.74, 6) is -2.18. The number of aryl methyl sites for hydroxylation is 1. The lowest BCUT2D eigenvalue weighted by atomic mass is 10.1. The summed E-state index contributed by atoms with van der Waals surface area (Å²) in [6, 6.07) is 9.22.